The van der Waals surface area contributed by atoms with Crippen LogP contribution in [0, 0.1) is 0 Å². The van der Waals surface area contributed by atoms with E-state index in [1.807, 2.05) is 30.5 Å². The summed E-state index contributed by atoms with van der Waals surface area (Å²) in [5.41, 5.74) is 0.686. The molecule has 0 spiro atoms. The van der Waals surface area contributed by atoms with Crippen LogP contribution in [0.1, 0.15) is 16.1 Å². The molecule has 3 heteroatoms. The molecule has 0 aliphatic carbocycles. The Balaban J connectivity index is 2.09. The van der Waals surface area contributed by atoms with E-state index in [1.54, 1.807) is 36.2 Å². The van der Waals surface area contributed by atoms with Crippen molar-refractivity contribution in [1.82, 2.24) is 0 Å². The lowest BCUT2D eigenvalue weighted by Crippen LogP contribution is -1.93. The van der Waals surface area contributed by atoms with Crippen molar-refractivity contribution >= 4 is 23.6 Å². The van der Waals surface area contributed by atoms with E-state index in [0.29, 0.717) is 11.3 Å². The molecular formula is C14H12O2S. The highest BCUT2D eigenvalue weighted by molar-refractivity contribution is 7.98. The molecule has 0 unspecified atom stereocenters. The molecule has 86 valence electrons. The van der Waals surface area contributed by atoms with Gasteiger partial charge >= 0.3 is 0 Å². The van der Waals surface area contributed by atoms with E-state index in [4.69, 9.17) is 4.42 Å². The summed E-state index contributed by atoms with van der Waals surface area (Å²) in [6, 6.07) is 11.1. The van der Waals surface area contributed by atoms with Gasteiger partial charge < -0.3 is 4.42 Å². The maximum absolute atomic E-state index is 11.8. The van der Waals surface area contributed by atoms with Crippen LogP contribution < -0.4 is 0 Å². The lowest BCUT2D eigenvalue weighted by Gasteiger charge is -1.97. The van der Waals surface area contributed by atoms with E-state index in [9.17, 15) is 4.79 Å². The third-order valence-electron chi connectivity index (χ3n) is 2.32. The van der Waals surface area contributed by atoms with Crippen molar-refractivity contribution in [3.8, 4) is 0 Å². The molecule has 0 aliphatic rings. The Hall–Kier alpha value is -1.74. The third-order valence-corrected chi connectivity index (χ3v) is 3.06. The molecule has 1 aromatic carbocycles. The Bertz CT molecular complexity index is 510. The van der Waals surface area contributed by atoms with Crippen molar-refractivity contribution < 1.29 is 9.21 Å². The minimum atomic E-state index is -0.0194. The van der Waals surface area contributed by atoms with Gasteiger partial charge in [0, 0.05) is 10.5 Å². The van der Waals surface area contributed by atoms with Crippen LogP contribution in [0.25, 0.3) is 6.08 Å². The molecule has 2 aromatic rings. The second-order valence-electron chi connectivity index (χ2n) is 3.44. The Labute approximate surface area is 104 Å². The molecule has 0 bridgehead atoms. The number of benzene rings is 1. The van der Waals surface area contributed by atoms with E-state index in [-0.39, 0.29) is 5.78 Å². The fraction of sp³-hybridized carbons (Fsp3) is 0.0714. The molecule has 0 radical (unpaired) electrons. The average Bonchev–Trinajstić information content (AvgIpc) is 2.89. The van der Waals surface area contributed by atoms with Gasteiger partial charge in [-0.2, -0.15) is 0 Å². The van der Waals surface area contributed by atoms with Gasteiger partial charge in [0.1, 0.15) is 5.76 Å². The quantitative estimate of drug-likeness (QED) is 0.464. The smallest absolute Gasteiger partial charge is 0.185 e. The van der Waals surface area contributed by atoms with Crippen molar-refractivity contribution in [2.45, 2.75) is 4.90 Å². The number of ketones is 1. The highest BCUT2D eigenvalue weighted by Crippen LogP contribution is 2.15. The van der Waals surface area contributed by atoms with E-state index in [0.717, 1.165) is 4.90 Å². The summed E-state index contributed by atoms with van der Waals surface area (Å²) in [4.78, 5) is 13.0. The van der Waals surface area contributed by atoms with Crippen LogP contribution in [-0.2, 0) is 0 Å². The molecular weight excluding hydrogens is 232 g/mol. The molecule has 1 heterocycles. The van der Waals surface area contributed by atoms with Crippen LogP contribution in [0.2, 0.25) is 0 Å². The lowest BCUT2D eigenvalue weighted by molar-refractivity contribution is 0.104. The fourth-order valence-corrected chi connectivity index (χ4v) is 1.80. The highest BCUT2D eigenvalue weighted by atomic mass is 32.2. The molecule has 2 nitrogen and oxygen atoms in total. The molecule has 0 saturated heterocycles. The molecule has 0 N–H and O–H groups in total. The molecule has 2 rings (SSSR count). The van der Waals surface area contributed by atoms with Crippen LogP contribution in [0.15, 0.2) is 58.1 Å². The summed E-state index contributed by atoms with van der Waals surface area (Å²) >= 11 is 1.66. The van der Waals surface area contributed by atoms with Gasteiger partial charge in [0.2, 0.25) is 0 Å². The van der Waals surface area contributed by atoms with Crippen LogP contribution in [0.5, 0.6) is 0 Å². The standard InChI is InChI=1S/C14H12O2S/c1-17-13-7-4-11(5-8-13)14(15)9-6-12-3-2-10-16-12/h2-10H,1H3/b9-6+. The minimum Gasteiger partial charge on any atom is -0.465 e. The van der Waals surface area contributed by atoms with Gasteiger partial charge in [0.05, 0.1) is 6.26 Å². The predicted octanol–water partition coefficient (Wildman–Crippen LogP) is 3.90. The first-order chi connectivity index (χ1) is 8.29. The summed E-state index contributed by atoms with van der Waals surface area (Å²) in [6.45, 7) is 0. The van der Waals surface area contributed by atoms with Gasteiger partial charge in [-0.3, -0.25) is 4.79 Å². The van der Waals surface area contributed by atoms with Crippen molar-refractivity contribution in [3.05, 3.63) is 60.1 Å². The number of hydrogen-bond donors (Lipinski definition) is 0. The van der Waals surface area contributed by atoms with Crippen molar-refractivity contribution in [1.29, 1.82) is 0 Å². The maximum atomic E-state index is 11.8. The van der Waals surface area contributed by atoms with E-state index < -0.39 is 0 Å². The van der Waals surface area contributed by atoms with Crippen LogP contribution >= 0.6 is 11.8 Å². The van der Waals surface area contributed by atoms with Crippen molar-refractivity contribution in [3.63, 3.8) is 0 Å². The predicted molar refractivity (Wildman–Crippen MR) is 70.3 cm³/mol. The maximum Gasteiger partial charge on any atom is 0.185 e. The van der Waals surface area contributed by atoms with Gasteiger partial charge in [-0.25, -0.2) is 0 Å². The van der Waals surface area contributed by atoms with Crippen molar-refractivity contribution in [2.24, 2.45) is 0 Å². The first-order valence-corrected chi connectivity index (χ1v) is 6.42. The van der Waals surface area contributed by atoms with Gasteiger partial charge in [-0.1, -0.05) is 0 Å². The highest BCUT2D eigenvalue weighted by Gasteiger charge is 2.01. The second-order valence-corrected chi connectivity index (χ2v) is 4.32. The molecule has 0 amide bonds. The van der Waals surface area contributed by atoms with E-state index in [1.165, 1.54) is 6.08 Å². The van der Waals surface area contributed by atoms with Crippen LogP contribution in [0.3, 0.4) is 0 Å². The monoisotopic (exact) mass is 244 g/mol. The first-order valence-electron chi connectivity index (χ1n) is 5.19. The normalized spacial score (nSPS) is 10.9. The lowest BCUT2D eigenvalue weighted by atomic mass is 10.1. The minimum absolute atomic E-state index is 0.0194. The molecule has 0 fully saturated rings. The number of furan rings is 1. The molecule has 0 aliphatic heterocycles. The number of carbonyl (C=O) groups is 1. The van der Waals surface area contributed by atoms with Crippen molar-refractivity contribution in [2.75, 3.05) is 6.26 Å². The zero-order valence-electron chi connectivity index (χ0n) is 9.42. The SMILES string of the molecule is CSc1ccc(C(=O)/C=C/c2ccco2)cc1. The summed E-state index contributed by atoms with van der Waals surface area (Å²) in [5, 5.41) is 0. The summed E-state index contributed by atoms with van der Waals surface area (Å²) < 4.78 is 5.11. The largest absolute Gasteiger partial charge is 0.465 e. The van der Waals surface area contributed by atoms with Crippen LogP contribution in [-0.4, -0.2) is 12.0 Å². The topological polar surface area (TPSA) is 30.2 Å². The van der Waals surface area contributed by atoms with Gasteiger partial charge in [0.15, 0.2) is 5.78 Å². The number of rotatable bonds is 4. The summed E-state index contributed by atoms with van der Waals surface area (Å²) in [5.74, 6) is 0.660. The van der Waals surface area contributed by atoms with E-state index >= 15 is 0 Å². The Kier molecular flexibility index (Phi) is 3.83. The van der Waals surface area contributed by atoms with E-state index in [2.05, 4.69) is 0 Å². The van der Waals surface area contributed by atoms with Gasteiger partial charge in [-0.05, 0) is 54.8 Å². The third kappa shape index (κ3) is 3.11. The Morgan fingerprint density at radius 3 is 2.59 bits per heavy atom. The zero-order chi connectivity index (χ0) is 12.1. The zero-order valence-corrected chi connectivity index (χ0v) is 10.2. The Morgan fingerprint density at radius 1 is 1.24 bits per heavy atom. The average molecular weight is 244 g/mol. The van der Waals surface area contributed by atoms with Crippen LogP contribution in [0.4, 0.5) is 0 Å². The summed E-state index contributed by atoms with van der Waals surface area (Å²) in [6.07, 6.45) is 6.78. The molecule has 0 atom stereocenters. The number of thioether (sulfide) groups is 1. The molecule has 1 aromatic heterocycles. The Morgan fingerprint density at radius 2 is 2.00 bits per heavy atom. The van der Waals surface area contributed by atoms with Gasteiger partial charge in [0.25, 0.3) is 0 Å². The number of carbonyl (C=O) groups excluding carboxylic acids is 1. The molecule has 17 heavy (non-hydrogen) atoms. The number of hydrogen-bond acceptors (Lipinski definition) is 3. The second kappa shape index (κ2) is 5.55. The first kappa shape index (κ1) is 11.7. The number of allylic oxidation sites excluding steroid dienone is 1. The van der Waals surface area contributed by atoms with Gasteiger partial charge in [-0.15, -0.1) is 11.8 Å². The fourth-order valence-electron chi connectivity index (χ4n) is 1.40. The summed E-state index contributed by atoms with van der Waals surface area (Å²) in [7, 11) is 0. The molecule has 0 saturated carbocycles.